The molecule has 1 aliphatic rings. The van der Waals surface area contributed by atoms with Crippen molar-refractivity contribution in [2.75, 3.05) is 5.32 Å². The van der Waals surface area contributed by atoms with Gasteiger partial charge in [-0.2, -0.15) is 4.72 Å². The highest BCUT2D eigenvalue weighted by atomic mass is 35.5. The molecule has 1 aliphatic heterocycles. The van der Waals surface area contributed by atoms with Crippen molar-refractivity contribution in [1.82, 2.24) is 4.72 Å². The Bertz CT molecular complexity index is 502. The molecule has 0 saturated carbocycles. The minimum Gasteiger partial charge on any atom is -0.368 e. The summed E-state index contributed by atoms with van der Waals surface area (Å²) in [7, 11) is -3.43. The van der Waals surface area contributed by atoms with E-state index in [0.717, 1.165) is 12.8 Å². The molecule has 0 amide bonds. The van der Waals surface area contributed by atoms with E-state index < -0.39 is 10.0 Å². The Morgan fingerprint density at radius 3 is 2.88 bits per heavy atom. The van der Waals surface area contributed by atoms with E-state index in [1.165, 1.54) is 6.07 Å². The van der Waals surface area contributed by atoms with Gasteiger partial charge in [0.1, 0.15) is 4.90 Å². The normalized spacial score (nSPS) is 22.2. The van der Waals surface area contributed by atoms with E-state index in [-0.39, 0.29) is 11.1 Å². The summed E-state index contributed by atoms with van der Waals surface area (Å²) in [5, 5.41) is 3.55. The quantitative estimate of drug-likeness (QED) is 0.857. The molecular formula is C10H13ClN2O2S. The third-order valence-corrected chi connectivity index (χ3v) is 4.18. The lowest BCUT2D eigenvalue weighted by Gasteiger charge is -2.27. The van der Waals surface area contributed by atoms with Gasteiger partial charge in [0, 0.05) is 5.02 Å². The van der Waals surface area contributed by atoms with Crippen LogP contribution in [-0.4, -0.2) is 14.6 Å². The van der Waals surface area contributed by atoms with Crippen LogP contribution in [0.25, 0.3) is 0 Å². The van der Waals surface area contributed by atoms with Crippen molar-refractivity contribution in [3.8, 4) is 0 Å². The molecule has 2 rings (SSSR count). The molecule has 1 aromatic carbocycles. The average molecular weight is 261 g/mol. The molecule has 0 aliphatic carbocycles. The molecule has 88 valence electrons. The minimum absolute atomic E-state index is 0.215. The summed E-state index contributed by atoms with van der Waals surface area (Å²) >= 11 is 5.78. The van der Waals surface area contributed by atoms with Crippen LogP contribution in [0.5, 0.6) is 0 Å². The van der Waals surface area contributed by atoms with E-state index >= 15 is 0 Å². The number of rotatable bonds is 2. The standard InChI is InChI=1S/C10H13ClN2O2S/c1-2-3-10-12-8-5-4-7(11)6-9(8)16(14,15)13-10/h4-6,10,12-13H,2-3H2,1H3. The number of hydrogen-bond acceptors (Lipinski definition) is 3. The number of benzene rings is 1. The van der Waals surface area contributed by atoms with Gasteiger partial charge in [-0.3, -0.25) is 0 Å². The van der Waals surface area contributed by atoms with Crippen molar-refractivity contribution in [2.45, 2.75) is 30.8 Å². The molecular weight excluding hydrogens is 248 g/mol. The molecule has 16 heavy (non-hydrogen) atoms. The largest absolute Gasteiger partial charge is 0.368 e. The van der Waals surface area contributed by atoms with Crippen molar-refractivity contribution in [3.63, 3.8) is 0 Å². The highest BCUT2D eigenvalue weighted by molar-refractivity contribution is 7.89. The maximum atomic E-state index is 11.9. The molecule has 0 saturated heterocycles. The van der Waals surface area contributed by atoms with Crippen LogP contribution in [0.15, 0.2) is 23.1 Å². The summed E-state index contributed by atoms with van der Waals surface area (Å²) in [6.45, 7) is 2.01. The zero-order valence-electron chi connectivity index (χ0n) is 8.83. The van der Waals surface area contributed by atoms with Gasteiger partial charge < -0.3 is 5.32 Å². The first-order valence-electron chi connectivity index (χ1n) is 5.11. The van der Waals surface area contributed by atoms with Crippen molar-refractivity contribution in [3.05, 3.63) is 23.2 Å². The Kier molecular flexibility index (Phi) is 3.10. The maximum absolute atomic E-state index is 11.9. The monoisotopic (exact) mass is 260 g/mol. The lowest BCUT2D eigenvalue weighted by molar-refractivity contribution is 0.540. The molecule has 6 heteroatoms. The maximum Gasteiger partial charge on any atom is 0.244 e. The van der Waals surface area contributed by atoms with Crippen molar-refractivity contribution in [2.24, 2.45) is 0 Å². The SMILES string of the molecule is CCCC1Nc2ccc(Cl)cc2S(=O)(=O)N1. The fourth-order valence-electron chi connectivity index (χ4n) is 1.73. The molecule has 1 atom stereocenters. The van der Waals surface area contributed by atoms with Crippen LogP contribution in [0.3, 0.4) is 0 Å². The molecule has 0 radical (unpaired) electrons. The Balaban J connectivity index is 2.44. The van der Waals surface area contributed by atoms with E-state index in [4.69, 9.17) is 11.6 Å². The summed E-state index contributed by atoms with van der Waals surface area (Å²) in [6, 6.07) is 4.82. The van der Waals surface area contributed by atoms with Gasteiger partial charge in [0.05, 0.1) is 11.9 Å². The summed E-state index contributed by atoms with van der Waals surface area (Å²) in [4.78, 5) is 0.215. The highest BCUT2D eigenvalue weighted by Gasteiger charge is 2.28. The second kappa shape index (κ2) is 4.24. The van der Waals surface area contributed by atoms with Gasteiger partial charge in [-0.1, -0.05) is 24.9 Å². The lowest BCUT2D eigenvalue weighted by atomic mass is 10.2. The van der Waals surface area contributed by atoms with Gasteiger partial charge in [0.15, 0.2) is 0 Å². The minimum atomic E-state index is -3.43. The zero-order valence-corrected chi connectivity index (χ0v) is 10.4. The topological polar surface area (TPSA) is 58.2 Å². The molecule has 0 bridgehead atoms. The molecule has 1 heterocycles. The van der Waals surface area contributed by atoms with Crippen LogP contribution in [-0.2, 0) is 10.0 Å². The van der Waals surface area contributed by atoms with Gasteiger partial charge in [0.2, 0.25) is 10.0 Å². The number of sulfonamides is 1. The van der Waals surface area contributed by atoms with Crippen molar-refractivity contribution < 1.29 is 8.42 Å². The Labute approximate surface area is 100 Å². The molecule has 0 spiro atoms. The lowest BCUT2D eigenvalue weighted by Crippen LogP contribution is -2.44. The molecule has 1 aromatic rings. The molecule has 0 aromatic heterocycles. The fourth-order valence-corrected chi connectivity index (χ4v) is 3.34. The smallest absolute Gasteiger partial charge is 0.244 e. The number of nitrogens with one attached hydrogen (secondary N) is 2. The molecule has 4 nitrogen and oxygen atoms in total. The van der Waals surface area contributed by atoms with Crippen LogP contribution in [0.2, 0.25) is 5.02 Å². The van der Waals surface area contributed by atoms with Crippen LogP contribution in [0.4, 0.5) is 5.69 Å². The number of fused-ring (bicyclic) bond motifs is 1. The Morgan fingerprint density at radius 1 is 1.44 bits per heavy atom. The van der Waals surface area contributed by atoms with Crippen molar-refractivity contribution in [1.29, 1.82) is 0 Å². The van der Waals surface area contributed by atoms with Gasteiger partial charge in [0.25, 0.3) is 0 Å². The second-order valence-corrected chi connectivity index (χ2v) is 5.87. The number of hydrogen-bond donors (Lipinski definition) is 2. The summed E-state index contributed by atoms with van der Waals surface area (Å²) in [5.74, 6) is 0. The van der Waals surface area contributed by atoms with E-state index in [9.17, 15) is 8.42 Å². The van der Waals surface area contributed by atoms with Crippen LogP contribution >= 0.6 is 11.6 Å². The summed E-state index contributed by atoms with van der Waals surface area (Å²) < 4.78 is 26.4. The van der Waals surface area contributed by atoms with Crippen molar-refractivity contribution >= 4 is 27.3 Å². The first-order valence-corrected chi connectivity index (χ1v) is 6.97. The van der Waals surface area contributed by atoms with Gasteiger partial charge >= 0.3 is 0 Å². The van der Waals surface area contributed by atoms with E-state index in [1.807, 2.05) is 6.92 Å². The van der Waals surface area contributed by atoms with Crippen LogP contribution in [0.1, 0.15) is 19.8 Å². The van der Waals surface area contributed by atoms with E-state index in [0.29, 0.717) is 10.7 Å². The average Bonchev–Trinajstić information content (AvgIpc) is 2.19. The predicted molar refractivity (Wildman–Crippen MR) is 64.1 cm³/mol. The van der Waals surface area contributed by atoms with Gasteiger partial charge in [-0.25, -0.2) is 8.42 Å². The molecule has 1 unspecified atom stereocenters. The summed E-state index contributed by atoms with van der Waals surface area (Å²) in [5.41, 5.74) is 0.613. The third-order valence-electron chi connectivity index (χ3n) is 2.44. The molecule has 2 N–H and O–H groups in total. The Hall–Kier alpha value is -0.780. The van der Waals surface area contributed by atoms with Crippen LogP contribution in [0, 0.1) is 0 Å². The van der Waals surface area contributed by atoms with Gasteiger partial charge in [-0.15, -0.1) is 0 Å². The van der Waals surface area contributed by atoms with Gasteiger partial charge in [-0.05, 0) is 24.6 Å². The van der Waals surface area contributed by atoms with E-state index in [1.54, 1.807) is 12.1 Å². The second-order valence-electron chi connectivity index (χ2n) is 3.75. The Morgan fingerprint density at radius 2 is 2.19 bits per heavy atom. The predicted octanol–water partition coefficient (Wildman–Crippen LogP) is 2.17. The van der Waals surface area contributed by atoms with E-state index in [2.05, 4.69) is 10.0 Å². The zero-order chi connectivity index (χ0) is 11.8. The molecule has 0 fully saturated rings. The summed E-state index contributed by atoms with van der Waals surface area (Å²) in [6.07, 6.45) is 1.42. The van der Waals surface area contributed by atoms with Crippen LogP contribution < -0.4 is 10.0 Å². The third kappa shape index (κ3) is 2.16. The first-order chi connectivity index (χ1) is 7.53. The fraction of sp³-hybridized carbons (Fsp3) is 0.400. The number of anilines is 1. The number of halogens is 1. The highest BCUT2D eigenvalue weighted by Crippen LogP contribution is 2.29. The first kappa shape index (κ1) is 11.7.